The highest BCUT2D eigenvalue weighted by Gasteiger charge is 2.26. The van der Waals surface area contributed by atoms with Crippen LogP contribution in [0.1, 0.15) is 5.56 Å². The molecule has 1 aliphatic rings. The molecule has 2 aromatic rings. The lowest BCUT2D eigenvalue weighted by Crippen LogP contribution is -2.44. The van der Waals surface area contributed by atoms with Crippen molar-refractivity contribution in [3.63, 3.8) is 0 Å². The number of hydrogen-bond acceptors (Lipinski definition) is 2. The van der Waals surface area contributed by atoms with Crippen molar-refractivity contribution in [3.05, 3.63) is 54.4 Å². The van der Waals surface area contributed by atoms with Crippen molar-refractivity contribution in [3.8, 4) is 0 Å². The molecule has 0 radical (unpaired) electrons. The van der Waals surface area contributed by atoms with Crippen LogP contribution in [0, 0.1) is 0 Å². The monoisotopic (exact) mass is 254 g/mol. The predicted octanol–water partition coefficient (Wildman–Crippen LogP) is 1.15. The third-order valence-corrected chi connectivity index (χ3v) is 3.39. The summed E-state index contributed by atoms with van der Waals surface area (Å²) in [6, 6.07) is 11.7. The number of para-hydroxylation sites is 1. The first-order valence-electron chi connectivity index (χ1n) is 6.37. The third kappa shape index (κ3) is 2.29. The molecule has 0 saturated heterocycles. The van der Waals surface area contributed by atoms with E-state index in [9.17, 15) is 4.79 Å². The molecule has 4 heteroatoms. The highest BCUT2D eigenvalue weighted by Crippen LogP contribution is 2.27. The summed E-state index contributed by atoms with van der Waals surface area (Å²) in [6.45, 7) is 1.08. The number of nitrogen functional groups attached to an aromatic ring is 1. The van der Waals surface area contributed by atoms with Gasteiger partial charge in [-0.15, -0.1) is 0 Å². The van der Waals surface area contributed by atoms with Gasteiger partial charge in [0.05, 0.1) is 5.69 Å². The lowest BCUT2D eigenvalue weighted by molar-refractivity contribution is -0.683. The van der Waals surface area contributed by atoms with Crippen LogP contribution in [0.5, 0.6) is 0 Å². The van der Waals surface area contributed by atoms with E-state index in [1.807, 2.05) is 46.0 Å². The summed E-state index contributed by atoms with van der Waals surface area (Å²) in [7, 11) is 0. The topological polar surface area (TPSA) is 50.2 Å². The van der Waals surface area contributed by atoms with Crippen molar-refractivity contribution in [2.45, 2.75) is 13.0 Å². The van der Waals surface area contributed by atoms with E-state index >= 15 is 0 Å². The first kappa shape index (κ1) is 11.7. The van der Waals surface area contributed by atoms with E-state index in [1.165, 1.54) is 5.56 Å². The zero-order chi connectivity index (χ0) is 13.2. The molecule has 96 valence electrons. The standard InChI is InChI=1S/C15H16N3O/c16-13-5-3-8-17(10-13)11-15(19)18-9-7-12-4-1-2-6-14(12)18/h1-6,8,10H,7,9,11,16H2/q+1. The smallest absolute Gasteiger partial charge is 0.292 e. The van der Waals surface area contributed by atoms with Gasteiger partial charge < -0.3 is 10.6 Å². The van der Waals surface area contributed by atoms with Gasteiger partial charge in [-0.3, -0.25) is 4.79 Å². The minimum absolute atomic E-state index is 0.0977. The number of amides is 1. The Morgan fingerprint density at radius 2 is 2.11 bits per heavy atom. The Balaban J connectivity index is 1.79. The van der Waals surface area contributed by atoms with Gasteiger partial charge in [0.2, 0.25) is 6.54 Å². The summed E-state index contributed by atoms with van der Waals surface area (Å²) in [5.41, 5.74) is 8.67. The van der Waals surface area contributed by atoms with Gasteiger partial charge in [-0.1, -0.05) is 18.2 Å². The second-order valence-corrected chi connectivity index (χ2v) is 4.73. The van der Waals surface area contributed by atoms with E-state index in [-0.39, 0.29) is 5.91 Å². The van der Waals surface area contributed by atoms with Crippen LogP contribution in [0.15, 0.2) is 48.8 Å². The van der Waals surface area contributed by atoms with Crippen LogP contribution in [0.4, 0.5) is 11.4 Å². The van der Waals surface area contributed by atoms with Crippen LogP contribution in [-0.2, 0) is 17.8 Å². The number of fused-ring (bicyclic) bond motifs is 1. The number of carbonyl (C=O) groups is 1. The number of benzene rings is 1. The number of nitrogens with zero attached hydrogens (tertiary/aromatic N) is 2. The average molecular weight is 254 g/mol. The van der Waals surface area contributed by atoms with E-state index in [0.29, 0.717) is 12.2 Å². The van der Waals surface area contributed by atoms with Crippen molar-refractivity contribution < 1.29 is 9.36 Å². The molecule has 0 saturated carbocycles. The molecule has 1 aliphatic heterocycles. The fraction of sp³-hybridized carbons (Fsp3) is 0.200. The van der Waals surface area contributed by atoms with Crippen molar-refractivity contribution in [1.82, 2.24) is 0 Å². The first-order valence-corrected chi connectivity index (χ1v) is 6.37. The summed E-state index contributed by atoms with van der Waals surface area (Å²) < 4.78 is 1.82. The molecule has 0 atom stereocenters. The van der Waals surface area contributed by atoms with Gasteiger partial charge in [-0.25, -0.2) is 0 Å². The number of anilines is 2. The molecular formula is C15H16N3O+. The molecule has 2 N–H and O–H groups in total. The zero-order valence-electron chi connectivity index (χ0n) is 10.6. The minimum Gasteiger partial charge on any atom is -0.394 e. The first-order chi connectivity index (χ1) is 9.24. The van der Waals surface area contributed by atoms with Gasteiger partial charge in [-0.2, -0.15) is 4.57 Å². The number of hydrogen-bond donors (Lipinski definition) is 1. The Labute approximate surface area is 112 Å². The van der Waals surface area contributed by atoms with E-state index in [2.05, 4.69) is 6.07 Å². The molecule has 0 aliphatic carbocycles. The molecule has 1 amide bonds. The normalized spacial score (nSPS) is 13.4. The summed E-state index contributed by atoms with van der Waals surface area (Å²) >= 11 is 0. The Morgan fingerprint density at radius 1 is 1.26 bits per heavy atom. The Morgan fingerprint density at radius 3 is 2.95 bits per heavy atom. The highest BCUT2D eigenvalue weighted by molar-refractivity contribution is 5.94. The SMILES string of the molecule is Nc1ccc[n+](CC(=O)N2CCc3ccccc32)c1. The second-order valence-electron chi connectivity index (χ2n) is 4.73. The molecule has 19 heavy (non-hydrogen) atoms. The van der Waals surface area contributed by atoms with Crippen LogP contribution < -0.4 is 15.2 Å². The van der Waals surface area contributed by atoms with E-state index < -0.39 is 0 Å². The number of rotatable bonds is 2. The van der Waals surface area contributed by atoms with Crippen molar-refractivity contribution in [2.24, 2.45) is 0 Å². The minimum atomic E-state index is 0.0977. The van der Waals surface area contributed by atoms with Crippen molar-refractivity contribution in [1.29, 1.82) is 0 Å². The van der Waals surface area contributed by atoms with Gasteiger partial charge in [0.15, 0.2) is 12.4 Å². The molecule has 1 aromatic carbocycles. The highest BCUT2D eigenvalue weighted by atomic mass is 16.2. The van der Waals surface area contributed by atoms with Crippen LogP contribution in [0.3, 0.4) is 0 Å². The third-order valence-electron chi connectivity index (χ3n) is 3.39. The zero-order valence-corrected chi connectivity index (χ0v) is 10.6. The summed E-state index contributed by atoms with van der Waals surface area (Å²) in [5.74, 6) is 0.0977. The molecule has 0 fully saturated rings. The fourth-order valence-corrected chi connectivity index (χ4v) is 2.48. The van der Waals surface area contributed by atoms with Gasteiger partial charge in [0.25, 0.3) is 5.91 Å². The van der Waals surface area contributed by atoms with Crippen LogP contribution in [0.25, 0.3) is 0 Å². The fourth-order valence-electron chi connectivity index (χ4n) is 2.48. The molecule has 0 bridgehead atoms. The summed E-state index contributed by atoms with van der Waals surface area (Å²) in [4.78, 5) is 14.2. The molecule has 2 heterocycles. The largest absolute Gasteiger partial charge is 0.394 e. The number of aromatic nitrogens is 1. The molecule has 0 spiro atoms. The molecule has 3 rings (SSSR count). The lowest BCUT2D eigenvalue weighted by Gasteiger charge is -2.15. The predicted molar refractivity (Wildman–Crippen MR) is 73.5 cm³/mol. The van der Waals surface area contributed by atoms with Gasteiger partial charge >= 0.3 is 0 Å². The van der Waals surface area contributed by atoms with Crippen LogP contribution >= 0.6 is 0 Å². The maximum atomic E-state index is 12.4. The number of carbonyl (C=O) groups excluding carboxylic acids is 1. The van der Waals surface area contributed by atoms with E-state index in [4.69, 9.17) is 5.73 Å². The average Bonchev–Trinajstić information content (AvgIpc) is 2.82. The molecule has 1 aromatic heterocycles. The van der Waals surface area contributed by atoms with Crippen LogP contribution in [-0.4, -0.2) is 12.5 Å². The Kier molecular flexibility index (Phi) is 2.91. The van der Waals surface area contributed by atoms with Gasteiger partial charge in [0.1, 0.15) is 0 Å². The quantitative estimate of drug-likeness (QED) is 0.817. The molecule has 4 nitrogen and oxygen atoms in total. The summed E-state index contributed by atoms with van der Waals surface area (Å²) in [6.07, 6.45) is 4.57. The molecular weight excluding hydrogens is 238 g/mol. The van der Waals surface area contributed by atoms with Crippen molar-refractivity contribution >= 4 is 17.3 Å². The second kappa shape index (κ2) is 4.72. The van der Waals surface area contributed by atoms with Crippen molar-refractivity contribution in [2.75, 3.05) is 17.2 Å². The summed E-state index contributed by atoms with van der Waals surface area (Å²) in [5, 5.41) is 0. The van der Waals surface area contributed by atoms with E-state index in [0.717, 1.165) is 18.7 Å². The van der Waals surface area contributed by atoms with E-state index in [1.54, 1.807) is 6.20 Å². The number of nitrogens with two attached hydrogens (primary N) is 1. The molecule has 0 unspecified atom stereocenters. The number of pyridine rings is 1. The maximum absolute atomic E-state index is 12.4. The van der Waals surface area contributed by atoms with Crippen LogP contribution in [0.2, 0.25) is 0 Å². The van der Waals surface area contributed by atoms with Gasteiger partial charge in [-0.05, 0) is 24.1 Å². The Bertz CT molecular complexity index is 624. The Hall–Kier alpha value is -2.36. The lowest BCUT2D eigenvalue weighted by atomic mass is 10.2. The maximum Gasteiger partial charge on any atom is 0.292 e. The van der Waals surface area contributed by atoms with Gasteiger partial charge in [0, 0.05) is 18.3 Å².